The second-order valence-corrected chi connectivity index (χ2v) is 5.73. The summed E-state index contributed by atoms with van der Waals surface area (Å²) in [6.45, 7) is 0. The SMILES string of the molecule is O=C(O)c1cccc(CSc2cc(Cl)ccc2Cl)c1. The summed E-state index contributed by atoms with van der Waals surface area (Å²) >= 11 is 13.5. The van der Waals surface area contributed by atoms with Crippen molar-refractivity contribution >= 4 is 40.9 Å². The Morgan fingerprint density at radius 3 is 2.68 bits per heavy atom. The van der Waals surface area contributed by atoms with Crippen molar-refractivity contribution in [1.29, 1.82) is 0 Å². The lowest BCUT2D eigenvalue weighted by atomic mass is 10.1. The summed E-state index contributed by atoms with van der Waals surface area (Å²) < 4.78 is 0. The van der Waals surface area contributed by atoms with Crippen LogP contribution >= 0.6 is 35.0 Å². The third-order valence-corrected chi connectivity index (χ3v) is 4.26. The molecule has 0 unspecified atom stereocenters. The Hall–Kier alpha value is -1.16. The lowest BCUT2D eigenvalue weighted by Crippen LogP contribution is -1.96. The molecule has 0 spiro atoms. The van der Waals surface area contributed by atoms with Crippen LogP contribution in [0.1, 0.15) is 15.9 Å². The molecular formula is C14H10Cl2O2S. The van der Waals surface area contributed by atoms with Gasteiger partial charge in [-0.05, 0) is 35.9 Å². The van der Waals surface area contributed by atoms with E-state index in [1.54, 1.807) is 36.4 Å². The fourth-order valence-corrected chi connectivity index (χ4v) is 2.98. The maximum absolute atomic E-state index is 10.9. The minimum absolute atomic E-state index is 0.287. The van der Waals surface area contributed by atoms with Gasteiger partial charge in [0.2, 0.25) is 0 Å². The van der Waals surface area contributed by atoms with Gasteiger partial charge in [-0.15, -0.1) is 11.8 Å². The number of benzene rings is 2. The number of carboxylic acids is 1. The zero-order valence-electron chi connectivity index (χ0n) is 9.77. The number of aromatic carboxylic acids is 1. The van der Waals surface area contributed by atoms with Crippen molar-refractivity contribution in [1.82, 2.24) is 0 Å². The van der Waals surface area contributed by atoms with Gasteiger partial charge in [-0.3, -0.25) is 0 Å². The van der Waals surface area contributed by atoms with Crippen molar-refractivity contribution in [2.45, 2.75) is 10.6 Å². The Bertz CT molecular complexity index is 614. The number of hydrogen-bond donors (Lipinski definition) is 1. The second kappa shape index (κ2) is 6.33. The summed E-state index contributed by atoms with van der Waals surface area (Å²) in [6, 6.07) is 12.1. The summed E-state index contributed by atoms with van der Waals surface area (Å²) in [7, 11) is 0. The third-order valence-electron chi connectivity index (χ3n) is 2.46. The van der Waals surface area contributed by atoms with Crippen LogP contribution in [0.3, 0.4) is 0 Å². The van der Waals surface area contributed by atoms with Gasteiger partial charge in [0, 0.05) is 15.7 Å². The fraction of sp³-hybridized carbons (Fsp3) is 0.0714. The highest BCUT2D eigenvalue weighted by Gasteiger charge is 2.06. The number of thioether (sulfide) groups is 1. The third kappa shape index (κ3) is 3.90. The molecule has 0 aliphatic carbocycles. The normalized spacial score (nSPS) is 10.4. The molecule has 2 nitrogen and oxygen atoms in total. The van der Waals surface area contributed by atoms with Crippen LogP contribution in [0.4, 0.5) is 0 Å². The van der Waals surface area contributed by atoms with Crippen molar-refractivity contribution in [2.24, 2.45) is 0 Å². The van der Waals surface area contributed by atoms with Gasteiger partial charge < -0.3 is 5.11 Å². The predicted molar refractivity (Wildman–Crippen MR) is 79.4 cm³/mol. The molecule has 0 amide bonds. The van der Waals surface area contributed by atoms with E-state index >= 15 is 0 Å². The van der Waals surface area contributed by atoms with Crippen LogP contribution in [0.25, 0.3) is 0 Å². The quantitative estimate of drug-likeness (QED) is 0.809. The average molecular weight is 313 g/mol. The molecule has 1 N–H and O–H groups in total. The van der Waals surface area contributed by atoms with Crippen molar-refractivity contribution in [3.05, 3.63) is 63.6 Å². The van der Waals surface area contributed by atoms with Gasteiger partial charge in [0.25, 0.3) is 0 Å². The molecule has 0 saturated carbocycles. The van der Waals surface area contributed by atoms with Gasteiger partial charge in [0.15, 0.2) is 0 Å². The molecule has 2 aromatic carbocycles. The number of hydrogen-bond acceptors (Lipinski definition) is 2. The number of halogens is 2. The summed E-state index contributed by atoms with van der Waals surface area (Å²) in [4.78, 5) is 11.8. The molecule has 0 atom stereocenters. The molecule has 0 aliphatic heterocycles. The van der Waals surface area contributed by atoms with Crippen LogP contribution in [0.5, 0.6) is 0 Å². The van der Waals surface area contributed by atoms with Crippen LogP contribution in [-0.4, -0.2) is 11.1 Å². The van der Waals surface area contributed by atoms with E-state index in [4.69, 9.17) is 28.3 Å². The van der Waals surface area contributed by atoms with E-state index in [9.17, 15) is 4.79 Å². The van der Waals surface area contributed by atoms with Gasteiger partial charge in [0.1, 0.15) is 0 Å². The Morgan fingerprint density at radius 2 is 1.95 bits per heavy atom. The average Bonchev–Trinajstić information content (AvgIpc) is 2.40. The summed E-state index contributed by atoms with van der Waals surface area (Å²) in [5.41, 5.74) is 1.22. The van der Waals surface area contributed by atoms with E-state index in [-0.39, 0.29) is 5.56 Å². The van der Waals surface area contributed by atoms with E-state index in [2.05, 4.69) is 0 Å². The Kier molecular flexibility index (Phi) is 4.75. The highest BCUT2D eigenvalue weighted by Crippen LogP contribution is 2.32. The molecule has 98 valence electrons. The Morgan fingerprint density at radius 1 is 1.16 bits per heavy atom. The van der Waals surface area contributed by atoms with Gasteiger partial charge in [-0.1, -0.05) is 35.3 Å². The zero-order valence-corrected chi connectivity index (χ0v) is 12.1. The van der Waals surface area contributed by atoms with Crippen LogP contribution < -0.4 is 0 Å². The largest absolute Gasteiger partial charge is 0.478 e. The first kappa shape index (κ1) is 14.3. The first-order valence-electron chi connectivity index (χ1n) is 5.46. The number of rotatable bonds is 4. The lowest BCUT2D eigenvalue weighted by molar-refractivity contribution is 0.0697. The van der Waals surface area contributed by atoms with Crippen LogP contribution in [0.15, 0.2) is 47.4 Å². The maximum atomic E-state index is 10.9. The highest BCUT2D eigenvalue weighted by molar-refractivity contribution is 7.98. The Labute approximate surface area is 125 Å². The van der Waals surface area contributed by atoms with E-state index < -0.39 is 5.97 Å². The molecule has 5 heteroatoms. The van der Waals surface area contributed by atoms with E-state index in [0.717, 1.165) is 10.5 Å². The molecule has 19 heavy (non-hydrogen) atoms. The molecule has 0 bridgehead atoms. The van der Waals surface area contributed by atoms with E-state index in [0.29, 0.717) is 15.8 Å². The van der Waals surface area contributed by atoms with Crippen LogP contribution in [0, 0.1) is 0 Å². The number of carboxylic acid groups (broad SMARTS) is 1. The summed E-state index contributed by atoms with van der Waals surface area (Å²) in [5.74, 6) is -0.283. The van der Waals surface area contributed by atoms with Crippen LogP contribution in [0.2, 0.25) is 10.0 Å². The van der Waals surface area contributed by atoms with Crippen molar-refractivity contribution < 1.29 is 9.90 Å². The molecule has 2 rings (SSSR count). The van der Waals surface area contributed by atoms with Gasteiger partial charge in [-0.2, -0.15) is 0 Å². The van der Waals surface area contributed by atoms with Crippen molar-refractivity contribution in [2.75, 3.05) is 0 Å². The highest BCUT2D eigenvalue weighted by atomic mass is 35.5. The van der Waals surface area contributed by atoms with Gasteiger partial charge in [-0.25, -0.2) is 4.79 Å². The lowest BCUT2D eigenvalue weighted by Gasteiger charge is -2.05. The minimum Gasteiger partial charge on any atom is -0.478 e. The predicted octanol–water partition coefficient (Wildman–Crippen LogP) is 4.98. The summed E-state index contributed by atoms with van der Waals surface area (Å²) in [5, 5.41) is 10.2. The second-order valence-electron chi connectivity index (χ2n) is 3.87. The van der Waals surface area contributed by atoms with Crippen LogP contribution in [-0.2, 0) is 5.75 Å². The molecule has 0 aromatic heterocycles. The molecular weight excluding hydrogens is 303 g/mol. The fourth-order valence-electron chi connectivity index (χ4n) is 1.54. The maximum Gasteiger partial charge on any atom is 0.335 e. The molecule has 0 aliphatic rings. The first-order chi connectivity index (χ1) is 9.06. The standard InChI is InChI=1S/C14H10Cl2O2S/c15-11-4-5-12(16)13(7-11)19-8-9-2-1-3-10(6-9)14(17)18/h1-7H,8H2,(H,17,18). The van der Waals surface area contributed by atoms with Gasteiger partial charge in [0.05, 0.1) is 10.6 Å². The smallest absolute Gasteiger partial charge is 0.335 e. The first-order valence-corrected chi connectivity index (χ1v) is 7.20. The molecule has 0 fully saturated rings. The van der Waals surface area contributed by atoms with E-state index in [1.165, 1.54) is 11.8 Å². The zero-order chi connectivity index (χ0) is 13.8. The van der Waals surface area contributed by atoms with E-state index in [1.807, 2.05) is 6.07 Å². The number of carbonyl (C=O) groups is 1. The Balaban J connectivity index is 2.12. The van der Waals surface area contributed by atoms with Crippen molar-refractivity contribution in [3.8, 4) is 0 Å². The van der Waals surface area contributed by atoms with Gasteiger partial charge >= 0.3 is 5.97 Å². The minimum atomic E-state index is -0.923. The molecule has 2 aromatic rings. The molecule has 0 saturated heterocycles. The topological polar surface area (TPSA) is 37.3 Å². The summed E-state index contributed by atoms with van der Waals surface area (Å²) in [6.07, 6.45) is 0. The van der Waals surface area contributed by atoms with Crippen molar-refractivity contribution in [3.63, 3.8) is 0 Å². The monoisotopic (exact) mass is 312 g/mol. The molecule has 0 heterocycles. The molecule has 0 radical (unpaired) electrons.